The number of hydrogen-bond donors (Lipinski definition) is 2. The molecule has 0 aliphatic heterocycles. The molecule has 1 unspecified atom stereocenters. The molecule has 0 radical (unpaired) electrons. The Morgan fingerprint density at radius 2 is 1.38 bits per heavy atom. The molecule has 130 valence electrons. The second-order valence-electron chi connectivity index (χ2n) is 7.14. The van der Waals surface area contributed by atoms with E-state index < -0.39 is 14.4 Å². The maximum absolute atomic E-state index is 9.68. The lowest BCUT2D eigenvalue weighted by Crippen LogP contribution is -2.66. The van der Waals surface area contributed by atoms with Crippen molar-refractivity contribution in [2.75, 3.05) is 13.2 Å². The zero-order valence-electron chi connectivity index (χ0n) is 14.8. The van der Waals surface area contributed by atoms with Gasteiger partial charge in [-0.25, -0.2) is 0 Å². The van der Waals surface area contributed by atoms with Gasteiger partial charge in [-0.05, 0) is 21.8 Å². The quantitative estimate of drug-likeness (QED) is 0.758. The summed E-state index contributed by atoms with van der Waals surface area (Å²) in [6, 6.07) is 20.8. The fraction of sp³-hybridized carbons (Fsp3) is 0.400. The zero-order valence-corrected chi connectivity index (χ0v) is 15.8. The summed E-state index contributed by atoms with van der Waals surface area (Å²) in [5.41, 5.74) is 0. The molecular formula is C20H28O3Si. The molecule has 0 saturated heterocycles. The second kappa shape index (κ2) is 8.08. The lowest BCUT2D eigenvalue weighted by atomic mass is 10.2. The largest absolute Gasteiger partial charge is 0.407 e. The van der Waals surface area contributed by atoms with Crippen LogP contribution in [0, 0.1) is 0 Å². The molecule has 0 amide bonds. The first-order valence-electron chi connectivity index (χ1n) is 8.46. The molecule has 1 atom stereocenters. The average Bonchev–Trinajstić information content (AvgIpc) is 2.59. The van der Waals surface area contributed by atoms with Gasteiger partial charge in [0.25, 0.3) is 8.32 Å². The number of aliphatic hydroxyl groups is 2. The van der Waals surface area contributed by atoms with Crippen LogP contribution in [-0.2, 0) is 4.43 Å². The lowest BCUT2D eigenvalue weighted by molar-refractivity contribution is 0.0741. The minimum absolute atomic E-state index is 0.0696. The third kappa shape index (κ3) is 3.95. The molecule has 0 fully saturated rings. The third-order valence-electron chi connectivity index (χ3n) is 4.40. The Bertz CT molecular complexity index is 568. The van der Waals surface area contributed by atoms with Crippen molar-refractivity contribution < 1.29 is 14.6 Å². The molecule has 3 nitrogen and oxygen atoms in total. The van der Waals surface area contributed by atoms with Crippen LogP contribution in [0.15, 0.2) is 60.7 Å². The number of hydrogen-bond acceptors (Lipinski definition) is 3. The summed E-state index contributed by atoms with van der Waals surface area (Å²) in [5.74, 6) is 0. The summed E-state index contributed by atoms with van der Waals surface area (Å²) >= 11 is 0. The van der Waals surface area contributed by atoms with Gasteiger partial charge in [-0.2, -0.15) is 0 Å². The van der Waals surface area contributed by atoms with E-state index in [-0.39, 0.29) is 11.6 Å². The summed E-state index contributed by atoms with van der Waals surface area (Å²) < 4.78 is 6.61. The molecule has 4 heteroatoms. The number of benzene rings is 2. The number of aliphatic hydroxyl groups excluding tert-OH is 2. The summed E-state index contributed by atoms with van der Waals surface area (Å²) in [6.07, 6.45) is -0.302. The van der Waals surface area contributed by atoms with Crippen molar-refractivity contribution in [2.24, 2.45) is 0 Å². The summed E-state index contributed by atoms with van der Waals surface area (Å²) in [4.78, 5) is 0. The van der Waals surface area contributed by atoms with Crippen LogP contribution in [0.1, 0.15) is 27.2 Å². The van der Waals surface area contributed by atoms with Crippen molar-refractivity contribution in [3.05, 3.63) is 60.7 Å². The highest BCUT2D eigenvalue weighted by molar-refractivity contribution is 6.99. The van der Waals surface area contributed by atoms with Crippen molar-refractivity contribution in [2.45, 2.75) is 38.3 Å². The monoisotopic (exact) mass is 344 g/mol. The third-order valence-corrected chi connectivity index (χ3v) is 9.44. The van der Waals surface area contributed by atoms with Gasteiger partial charge in [0.1, 0.15) is 0 Å². The first-order chi connectivity index (χ1) is 11.4. The van der Waals surface area contributed by atoms with Crippen LogP contribution < -0.4 is 10.4 Å². The topological polar surface area (TPSA) is 49.7 Å². The van der Waals surface area contributed by atoms with Crippen molar-refractivity contribution in [1.82, 2.24) is 0 Å². The minimum Gasteiger partial charge on any atom is -0.407 e. The molecule has 0 bridgehead atoms. The van der Waals surface area contributed by atoms with E-state index in [1.54, 1.807) is 0 Å². The van der Waals surface area contributed by atoms with Crippen LogP contribution in [0.5, 0.6) is 0 Å². The highest BCUT2D eigenvalue weighted by Crippen LogP contribution is 2.36. The van der Waals surface area contributed by atoms with Crippen LogP contribution in [0.25, 0.3) is 0 Å². The normalized spacial score (nSPS) is 13.7. The predicted molar refractivity (Wildman–Crippen MR) is 101 cm³/mol. The smallest absolute Gasteiger partial charge is 0.261 e. The summed E-state index contributed by atoms with van der Waals surface area (Å²) in [7, 11) is -2.52. The summed E-state index contributed by atoms with van der Waals surface area (Å²) in [6.45, 7) is 6.87. The maximum atomic E-state index is 9.68. The van der Waals surface area contributed by atoms with Gasteiger partial charge in [0.2, 0.25) is 0 Å². The molecule has 0 heterocycles. The van der Waals surface area contributed by atoms with Crippen LogP contribution in [-0.4, -0.2) is 37.8 Å². The van der Waals surface area contributed by atoms with Gasteiger partial charge < -0.3 is 14.6 Å². The Morgan fingerprint density at radius 1 is 0.917 bits per heavy atom. The van der Waals surface area contributed by atoms with E-state index in [9.17, 15) is 5.11 Å². The Hall–Kier alpha value is -1.46. The van der Waals surface area contributed by atoms with Crippen molar-refractivity contribution in [3.8, 4) is 0 Å². The van der Waals surface area contributed by atoms with E-state index >= 15 is 0 Å². The predicted octanol–water partition coefficient (Wildman–Crippen LogP) is 2.31. The molecule has 0 aliphatic rings. The Labute approximate surface area is 146 Å². The lowest BCUT2D eigenvalue weighted by Gasteiger charge is -2.43. The van der Waals surface area contributed by atoms with Crippen LogP contribution in [0.3, 0.4) is 0 Å². The van der Waals surface area contributed by atoms with Gasteiger partial charge in [-0.1, -0.05) is 81.4 Å². The van der Waals surface area contributed by atoms with Crippen LogP contribution in [0.4, 0.5) is 0 Å². The molecule has 24 heavy (non-hydrogen) atoms. The second-order valence-corrected chi connectivity index (χ2v) is 11.4. The van der Waals surface area contributed by atoms with Crippen molar-refractivity contribution in [3.63, 3.8) is 0 Å². The van der Waals surface area contributed by atoms with Gasteiger partial charge in [-0.15, -0.1) is 0 Å². The Kier molecular flexibility index (Phi) is 6.35. The molecule has 2 rings (SSSR count). The van der Waals surface area contributed by atoms with E-state index in [1.165, 1.54) is 10.4 Å². The first kappa shape index (κ1) is 18.9. The molecule has 0 spiro atoms. The van der Waals surface area contributed by atoms with Crippen molar-refractivity contribution >= 4 is 18.7 Å². The minimum atomic E-state index is -2.52. The van der Waals surface area contributed by atoms with Gasteiger partial charge in [0, 0.05) is 6.61 Å². The molecule has 2 aromatic carbocycles. The van der Waals surface area contributed by atoms with E-state index in [0.717, 1.165) is 0 Å². The first-order valence-corrected chi connectivity index (χ1v) is 10.4. The van der Waals surface area contributed by atoms with E-state index in [4.69, 9.17) is 9.53 Å². The van der Waals surface area contributed by atoms with Gasteiger partial charge >= 0.3 is 0 Å². The van der Waals surface area contributed by atoms with Crippen molar-refractivity contribution in [1.29, 1.82) is 0 Å². The number of rotatable bonds is 7. The zero-order chi connectivity index (χ0) is 17.6. The molecule has 2 aromatic rings. The van der Waals surface area contributed by atoms with E-state index in [0.29, 0.717) is 13.0 Å². The standard InChI is InChI=1S/C20H28O3Si/c1-20(2,3)24(18-10-6-4-7-11-18,19-12-8-5-9-13-19)23-15-14-17(22)16-21/h4-13,17,21-22H,14-16H2,1-3H3. The van der Waals surface area contributed by atoms with Crippen LogP contribution in [0.2, 0.25) is 5.04 Å². The fourth-order valence-electron chi connectivity index (χ4n) is 3.20. The van der Waals surface area contributed by atoms with E-state index in [1.807, 2.05) is 12.1 Å². The SMILES string of the molecule is CC(C)(C)[Si](OCCC(O)CO)(c1ccccc1)c1ccccc1. The maximum Gasteiger partial charge on any atom is 0.261 e. The van der Waals surface area contributed by atoms with E-state index in [2.05, 4.69) is 69.3 Å². The average molecular weight is 345 g/mol. The Balaban J connectivity index is 2.49. The van der Waals surface area contributed by atoms with Gasteiger partial charge in [0.05, 0.1) is 12.7 Å². The molecule has 0 saturated carbocycles. The Morgan fingerprint density at radius 3 is 1.75 bits per heavy atom. The molecule has 2 N–H and O–H groups in total. The highest BCUT2D eigenvalue weighted by atomic mass is 28.4. The van der Waals surface area contributed by atoms with Crippen LogP contribution >= 0.6 is 0 Å². The molecular weight excluding hydrogens is 316 g/mol. The molecule has 0 aromatic heterocycles. The highest BCUT2D eigenvalue weighted by Gasteiger charge is 2.49. The molecule has 0 aliphatic carbocycles. The van der Waals surface area contributed by atoms with Gasteiger partial charge in [-0.3, -0.25) is 0 Å². The summed E-state index contributed by atoms with van der Waals surface area (Å²) in [5, 5.41) is 21.1. The van der Waals surface area contributed by atoms with Gasteiger partial charge in [0.15, 0.2) is 0 Å². The fourth-order valence-corrected chi connectivity index (χ4v) is 7.78.